The minimum atomic E-state index is -0.491. The lowest BCUT2D eigenvalue weighted by Crippen LogP contribution is -2.49. The van der Waals surface area contributed by atoms with Crippen LogP contribution in [-0.2, 0) is 11.3 Å². The monoisotopic (exact) mass is 560 g/mol. The van der Waals surface area contributed by atoms with Crippen molar-refractivity contribution >= 4 is 28.9 Å². The molecule has 0 aliphatic carbocycles. The number of imidazole rings is 1. The number of rotatable bonds is 8. The highest BCUT2D eigenvalue weighted by Gasteiger charge is 2.26. The number of H-pyrrole nitrogens is 1. The van der Waals surface area contributed by atoms with Gasteiger partial charge in [0.2, 0.25) is 11.7 Å². The third-order valence-corrected chi connectivity index (χ3v) is 6.51. The van der Waals surface area contributed by atoms with Crippen LogP contribution in [0.4, 0.5) is 16.6 Å². The van der Waals surface area contributed by atoms with Crippen molar-refractivity contribution in [3.05, 3.63) is 48.4 Å². The molecule has 0 bridgehead atoms. The highest BCUT2D eigenvalue weighted by Crippen LogP contribution is 2.35. The molecule has 1 aliphatic heterocycles. The molecule has 41 heavy (non-hydrogen) atoms. The Balaban J connectivity index is 1.24. The van der Waals surface area contributed by atoms with E-state index in [0.717, 1.165) is 41.8 Å². The van der Waals surface area contributed by atoms with Crippen molar-refractivity contribution in [2.45, 2.75) is 39.8 Å². The van der Waals surface area contributed by atoms with Gasteiger partial charge < -0.3 is 29.4 Å². The minimum absolute atomic E-state index is 0.253. The quantitative estimate of drug-likeness (QED) is 0.315. The van der Waals surface area contributed by atoms with Gasteiger partial charge in [0, 0.05) is 44.5 Å². The molecule has 0 saturated carbocycles. The molecule has 1 amide bonds. The second-order valence-electron chi connectivity index (χ2n) is 10.7. The molecule has 0 spiro atoms. The average molecular weight is 561 g/mol. The van der Waals surface area contributed by atoms with E-state index >= 15 is 0 Å². The zero-order valence-electron chi connectivity index (χ0n) is 24.1. The summed E-state index contributed by atoms with van der Waals surface area (Å²) >= 11 is 0. The Labute approximate surface area is 239 Å². The SMILES string of the molecule is CCOc1ncnc(-c2ccc3nc(Nc4cc(CN5CCN(C(=O)OC(C)(C)C)CC5)ccn4)[nH]c3c2)c1OC. The summed E-state index contributed by atoms with van der Waals surface area (Å²) in [5.41, 5.74) is 3.75. The van der Waals surface area contributed by atoms with Crippen LogP contribution in [0.3, 0.4) is 0 Å². The number of aromatic nitrogens is 5. The summed E-state index contributed by atoms with van der Waals surface area (Å²) in [6.07, 6.45) is 3.00. The Kier molecular flexibility index (Phi) is 8.20. The highest BCUT2D eigenvalue weighted by molar-refractivity contribution is 5.84. The first-order valence-corrected chi connectivity index (χ1v) is 13.7. The van der Waals surface area contributed by atoms with Gasteiger partial charge in [-0.2, -0.15) is 4.98 Å². The van der Waals surface area contributed by atoms with Gasteiger partial charge in [0.15, 0.2) is 0 Å². The largest absolute Gasteiger partial charge is 0.490 e. The lowest BCUT2D eigenvalue weighted by Gasteiger charge is -2.35. The van der Waals surface area contributed by atoms with Crippen LogP contribution in [0.1, 0.15) is 33.3 Å². The van der Waals surface area contributed by atoms with Gasteiger partial charge in [-0.05, 0) is 57.5 Å². The van der Waals surface area contributed by atoms with Gasteiger partial charge in [-0.15, -0.1) is 0 Å². The second-order valence-corrected chi connectivity index (χ2v) is 10.7. The van der Waals surface area contributed by atoms with Crippen LogP contribution in [0.2, 0.25) is 0 Å². The Morgan fingerprint density at radius 1 is 1.07 bits per heavy atom. The van der Waals surface area contributed by atoms with Gasteiger partial charge >= 0.3 is 6.09 Å². The number of ether oxygens (including phenoxy) is 3. The van der Waals surface area contributed by atoms with Crippen LogP contribution in [0.5, 0.6) is 11.6 Å². The lowest BCUT2D eigenvalue weighted by molar-refractivity contribution is 0.0139. The molecule has 4 aromatic rings. The van der Waals surface area contributed by atoms with E-state index in [1.165, 1.54) is 6.33 Å². The van der Waals surface area contributed by atoms with E-state index < -0.39 is 5.60 Å². The molecule has 0 atom stereocenters. The first-order chi connectivity index (χ1) is 19.7. The highest BCUT2D eigenvalue weighted by atomic mass is 16.6. The zero-order valence-corrected chi connectivity index (χ0v) is 24.1. The van der Waals surface area contributed by atoms with Gasteiger partial charge in [-0.3, -0.25) is 4.90 Å². The van der Waals surface area contributed by atoms with Crippen molar-refractivity contribution in [2.24, 2.45) is 0 Å². The molecule has 0 radical (unpaired) electrons. The molecule has 2 N–H and O–H groups in total. The summed E-state index contributed by atoms with van der Waals surface area (Å²) in [6.45, 7) is 11.6. The number of carbonyl (C=O) groups excluding carboxylic acids is 1. The fraction of sp³-hybridized carbons (Fsp3) is 0.414. The van der Waals surface area contributed by atoms with Crippen molar-refractivity contribution in [1.29, 1.82) is 0 Å². The number of piperazine rings is 1. The third-order valence-electron chi connectivity index (χ3n) is 6.51. The number of anilines is 2. The number of nitrogens with one attached hydrogen (secondary N) is 2. The molecule has 5 rings (SSSR count). The Hall–Kier alpha value is -4.45. The molecule has 1 aliphatic rings. The maximum absolute atomic E-state index is 12.4. The summed E-state index contributed by atoms with van der Waals surface area (Å²) in [5, 5.41) is 3.29. The van der Waals surface area contributed by atoms with E-state index in [9.17, 15) is 4.79 Å². The number of pyridine rings is 1. The molecular weight excluding hydrogens is 524 g/mol. The molecule has 12 heteroatoms. The standard InChI is InChI=1S/C29H36N8O4/c1-6-40-26-25(39-5)24(31-18-32-26)20-7-8-21-22(16-20)34-27(33-21)35-23-15-19(9-10-30-23)17-36-11-13-37(14-12-36)28(38)41-29(2,3)4/h7-10,15-16,18H,6,11-14,17H2,1-5H3,(H2,30,33,34,35). The summed E-state index contributed by atoms with van der Waals surface area (Å²) in [6, 6.07) is 9.85. The number of benzene rings is 1. The van der Waals surface area contributed by atoms with E-state index in [1.54, 1.807) is 18.2 Å². The second kappa shape index (κ2) is 12.0. The minimum Gasteiger partial charge on any atom is -0.490 e. The smallest absolute Gasteiger partial charge is 0.410 e. The third kappa shape index (κ3) is 6.83. The first-order valence-electron chi connectivity index (χ1n) is 13.7. The lowest BCUT2D eigenvalue weighted by atomic mass is 10.1. The van der Waals surface area contributed by atoms with Crippen molar-refractivity contribution < 1.29 is 19.0 Å². The fourth-order valence-electron chi connectivity index (χ4n) is 4.64. The average Bonchev–Trinajstić information content (AvgIpc) is 3.34. The molecule has 3 aromatic heterocycles. The number of fused-ring (bicyclic) bond motifs is 1. The molecule has 0 unspecified atom stereocenters. The Bertz CT molecular complexity index is 1510. The van der Waals surface area contributed by atoms with E-state index in [-0.39, 0.29) is 6.09 Å². The summed E-state index contributed by atoms with van der Waals surface area (Å²) < 4.78 is 16.7. The normalized spacial score (nSPS) is 14.2. The fourth-order valence-corrected chi connectivity index (χ4v) is 4.64. The van der Waals surface area contributed by atoms with Gasteiger partial charge in [-0.25, -0.2) is 19.7 Å². The van der Waals surface area contributed by atoms with Crippen LogP contribution >= 0.6 is 0 Å². The molecule has 4 heterocycles. The molecule has 12 nitrogen and oxygen atoms in total. The molecule has 1 aromatic carbocycles. The zero-order chi connectivity index (χ0) is 29.0. The van der Waals surface area contributed by atoms with Gasteiger partial charge in [-0.1, -0.05) is 6.07 Å². The number of nitrogens with zero attached hydrogens (tertiary/aromatic N) is 6. The van der Waals surface area contributed by atoms with E-state index in [4.69, 9.17) is 14.2 Å². The summed E-state index contributed by atoms with van der Waals surface area (Å²) in [7, 11) is 1.58. The van der Waals surface area contributed by atoms with Crippen LogP contribution in [0, 0.1) is 0 Å². The molecule has 1 fully saturated rings. The van der Waals surface area contributed by atoms with Crippen LogP contribution in [0.25, 0.3) is 22.3 Å². The predicted molar refractivity (Wildman–Crippen MR) is 155 cm³/mol. The molecule has 216 valence electrons. The maximum atomic E-state index is 12.4. The number of methoxy groups -OCH3 is 1. The van der Waals surface area contributed by atoms with Gasteiger partial charge in [0.05, 0.1) is 24.8 Å². The Morgan fingerprint density at radius 2 is 1.88 bits per heavy atom. The predicted octanol–water partition coefficient (Wildman–Crippen LogP) is 4.62. The van der Waals surface area contributed by atoms with Crippen molar-refractivity contribution in [2.75, 3.05) is 45.2 Å². The van der Waals surface area contributed by atoms with Crippen LogP contribution in [-0.4, -0.2) is 86.3 Å². The van der Waals surface area contributed by atoms with Crippen molar-refractivity contribution in [1.82, 2.24) is 34.7 Å². The van der Waals surface area contributed by atoms with Crippen LogP contribution in [0.15, 0.2) is 42.9 Å². The molecule has 1 saturated heterocycles. The number of amides is 1. The molecular formula is C29H36N8O4. The van der Waals surface area contributed by atoms with E-state index in [1.807, 2.05) is 58.0 Å². The topological polar surface area (TPSA) is 131 Å². The number of aromatic amines is 1. The first kappa shape index (κ1) is 28.1. The van der Waals surface area contributed by atoms with E-state index in [2.05, 4.69) is 35.1 Å². The van der Waals surface area contributed by atoms with Gasteiger partial charge in [0.1, 0.15) is 23.4 Å². The van der Waals surface area contributed by atoms with Gasteiger partial charge in [0.25, 0.3) is 5.88 Å². The maximum Gasteiger partial charge on any atom is 0.410 e. The number of hydrogen-bond acceptors (Lipinski definition) is 10. The van der Waals surface area contributed by atoms with E-state index in [0.29, 0.717) is 48.8 Å². The number of hydrogen-bond donors (Lipinski definition) is 2. The Morgan fingerprint density at radius 3 is 2.61 bits per heavy atom. The summed E-state index contributed by atoms with van der Waals surface area (Å²) in [5.74, 6) is 2.16. The van der Waals surface area contributed by atoms with Crippen LogP contribution < -0.4 is 14.8 Å². The number of carbonyl (C=O) groups is 1. The van der Waals surface area contributed by atoms with Crippen molar-refractivity contribution in [3.63, 3.8) is 0 Å². The van der Waals surface area contributed by atoms with Crippen molar-refractivity contribution in [3.8, 4) is 22.9 Å². The summed E-state index contributed by atoms with van der Waals surface area (Å²) in [4.78, 5) is 37.5.